The summed E-state index contributed by atoms with van der Waals surface area (Å²) in [6, 6.07) is 7.95. The molecule has 31 heavy (non-hydrogen) atoms. The summed E-state index contributed by atoms with van der Waals surface area (Å²) in [6.45, 7) is 4.00. The van der Waals surface area contributed by atoms with E-state index in [0.29, 0.717) is 30.5 Å². The van der Waals surface area contributed by atoms with Crippen LogP contribution in [0, 0.1) is 5.92 Å². The van der Waals surface area contributed by atoms with Gasteiger partial charge in [0.1, 0.15) is 12.4 Å². The highest BCUT2D eigenvalue weighted by molar-refractivity contribution is 6.05. The molecule has 1 aliphatic rings. The zero-order chi connectivity index (χ0) is 23.0. The number of hydrogen-bond donors (Lipinski definition) is 2. The van der Waals surface area contributed by atoms with Crippen LogP contribution in [0.1, 0.15) is 51.0 Å². The van der Waals surface area contributed by atoms with E-state index in [1.807, 2.05) is 24.3 Å². The second-order valence-corrected chi connectivity index (χ2v) is 7.79. The van der Waals surface area contributed by atoms with E-state index in [1.54, 1.807) is 25.8 Å². The summed E-state index contributed by atoms with van der Waals surface area (Å²) in [5.74, 6) is 0.571. The van der Waals surface area contributed by atoms with Crippen LogP contribution in [0.2, 0.25) is 0 Å². The van der Waals surface area contributed by atoms with E-state index >= 15 is 0 Å². The summed E-state index contributed by atoms with van der Waals surface area (Å²) in [7, 11) is 3.09. The van der Waals surface area contributed by atoms with Crippen LogP contribution in [0.5, 0.6) is 0 Å². The van der Waals surface area contributed by atoms with E-state index < -0.39 is 0 Å². The van der Waals surface area contributed by atoms with Gasteiger partial charge in [-0.05, 0) is 56.2 Å². The van der Waals surface area contributed by atoms with Crippen LogP contribution in [-0.2, 0) is 19.1 Å². The number of hydrogen-bond acceptors (Lipinski definition) is 7. The molecular formula is C23H34N4O4. The number of ether oxygens (including phenoxy) is 2. The third-order valence-corrected chi connectivity index (χ3v) is 5.88. The number of amides is 1. The molecule has 0 aliphatic heterocycles. The van der Waals surface area contributed by atoms with Gasteiger partial charge in [0.15, 0.2) is 5.90 Å². The quantitative estimate of drug-likeness (QED) is 0.297. The average molecular weight is 431 g/mol. The predicted octanol–water partition coefficient (Wildman–Crippen LogP) is 2.68. The van der Waals surface area contributed by atoms with Crippen molar-refractivity contribution in [2.24, 2.45) is 22.4 Å². The molecule has 0 spiro atoms. The molecule has 0 radical (unpaired) electrons. The van der Waals surface area contributed by atoms with Crippen LogP contribution in [-0.4, -0.2) is 45.1 Å². The van der Waals surface area contributed by atoms with Crippen LogP contribution in [0.15, 0.2) is 40.7 Å². The van der Waals surface area contributed by atoms with E-state index in [0.717, 1.165) is 31.4 Å². The maximum atomic E-state index is 12.9. The van der Waals surface area contributed by atoms with Gasteiger partial charge in [0, 0.05) is 19.7 Å². The topological polar surface area (TPSA) is 120 Å². The molecule has 170 valence electrons. The highest BCUT2D eigenvalue weighted by Gasteiger charge is 2.28. The molecule has 1 fully saturated rings. The highest BCUT2D eigenvalue weighted by Crippen LogP contribution is 2.36. The molecule has 1 aromatic rings. The van der Waals surface area contributed by atoms with Crippen molar-refractivity contribution >= 4 is 23.5 Å². The van der Waals surface area contributed by atoms with Crippen molar-refractivity contribution in [1.82, 2.24) is 0 Å². The lowest BCUT2D eigenvalue weighted by molar-refractivity contribution is -0.146. The van der Waals surface area contributed by atoms with Crippen molar-refractivity contribution in [2.75, 3.05) is 32.2 Å². The molecule has 1 aromatic carbocycles. The second-order valence-electron chi connectivity index (χ2n) is 7.79. The van der Waals surface area contributed by atoms with Crippen LogP contribution >= 0.6 is 0 Å². The molecule has 2 rings (SSSR count). The van der Waals surface area contributed by atoms with Crippen LogP contribution in [0.25, 0.3) is 0 Å². The zero-order valence-electron chi connectivity index (χ0n) is 18.9. The first-order valence-corrected chi connectivity index (χ1v) is 10.6. The first kappa shape index (κ1) is 24.2. The first-order valence-electron chi connectivity index (χ1n) is 10.6. The Morgan fingerprint density at radius 3 is 2.23 bits per heavy atom. The summed E-state index contributed by atoms with van der Waals surface area (Å²) >= 11 is 0. The van der Waals surface area contributed by atoms with Gasteiger partial charge in [0.05, 0.1) is 25.1 Å². The Bertz CT molecular complexity index is 820. The highest BCUT2D eigenvalue weighted by atomic mass is 16.5. The summed E-state index contributed by atoms with van der Waals surface area (Å²) in [6.07, 6.45) is 3.55. The molecule has 0 atom stereocenters. The minimum Gasteiger partial charge on any atom is -0.479 e. The first-order chi connectivity index (χ1) is 14.8. The van der Waals surface area contributed by atoms with E-state index in [1.165, 1.54) is 12.7 Å². The Hall–Kier alpha value is -3.03. The van der Waals surface area contributed by atoms with E-state index in [2.05, 4.69) is 4.99 Å². The SMILES string of the molecule is CN=C(C)OCCN(C(=O)C(C)=C(N)N)c1ccc(C2CCC(C(=O)OC)CC2)cc1. The molecule has 0 unspecified atom stereocenters. The molecule has 8 heteroatoms. The lowest BCUT2D eigenvalue weighted by Gasteiger charge is -2.28. The predicted molar refractivity (Wildman–Crippen MR) is 122 cm³/mol. The van der Waals surface area contributed by atoms with Gasteiger partial charge < -0.3 is 25.8 Å². The van der Waals surface area contributed by atoms with Crippen LogP contribution in [0.3, 0.4) is 0 Å². The Morgan fingerprint density at radius 2 is 1.71 bits per heavy atom. The number of rotatable bonds is 7. The van der Waals surface area contributed by atoms with Gasteiger partial charge in [-0.1, -0.05) is 12.1 Å². The fourth-order valence-corrected chi connectivity index (χ4v) is 3.78. The number of aliphatic imine (C=N–C) groups is 1. The zero-order valence-corrected chi connectivity index (χ0v) is 18.9. The van der Waals surface area contributed by atoms with Gasteiger partial charge in [-0.2, -0.15) is 0 Å². The monoisotopic (exact) mass is 430 g/mol. The second kappa shape index (κ2) is 11.4. The number of carbonyl (C=O) groups is 2. The number of nitrogens with zero attached hydrogens (tertiary/aromatic N) is 2. The molecule has 0 bridgehead atoms. The molecule has 1 aliphatic carbocycles. The molecule has 0 aromatic heterocycles. The fraction of sp³-hybridized carbons (Fsp3) is 0.522. The summed E-state index contributed by atoms with van der Waals surface area (Å²) in [5.41, 5.74) is 13.5. The van der Waals surface area contributed by atoms with Crippen molar-refractivity contribution in [3.63, 3.8) is 0 Å². The molecule has 1 amide bonds. The van der Waals surface area contributed by atoms with Gasteiger partial charge in [0.25, 0.3) is 5.91 Å². The van der Waals surface area contributed by atoms with Crippen molar-refractivity contribution in [2.45, 2.75) is 45.4 Å². The van der Waals surface area contributed by atoms with Gasteiger partial charge >= 0.3 is 5.97 Å². The summed E-state index contributed by atoms with van der Waals surface area (Å²) in [5, 5.41) is 0. The molecule has 1 saturated carbocycles. The minimum absolute atomic E-state index is 0.000219. The average Bonchev–Trinajstić information content (AvgIpc) is 2.80. The van der Waals surface area contributed by atoms with E-state index in [9.17, 15) is 9.59 Å². The number of methoxy groups -OCH3 is 1. The van der Waals surface area contributed by atoms with Crippen molar-refractivity contribution in [3.05, 3.63) is 41.2 Å². The largest absolute Gasteiger partial charge is 0.479 e. The van der Waals surface area contributed by atoms with Crippen molar-refractivity contribution in [1.29, 1.82) is 0 Å². The van der Waals surface area contributed by atoms with E-state index in [4.69, 9.17) is 20.9 Å². The summed E-state index contributed by atoms with van der Waals surface area (Å²) in [4.78, 5) is 30.2. The Balaban J connectivity index is 2.13. The van der Waals surface area contributed by atoms with Gasteiger partial charge in [-0.15, -0.1) is 0 Å². The summed E-state index contributed by atoms with van der Waals surface area (Å²) < 4.78 is 10.4. The molecule has 0 saturated heterocycles. The Morgan fingerprint density at radius 1 is 1.10 bits per heavy atom. The number of anilines is 1. The minimum atomic E-state index is -0.263. The molecule has 4 N–H and O–H groups in total. The standard InChI is InChI=1S/C23H34N4O4/c1-15(21(24)25)22(28)27(13-14-31-16(2)26-3)20-11-9-18(10-12-20)17-5-7-19(8-6-17)23(29)30-4/h9-12,17,19H,5-8,13-14,24-25H2,1-4H3. The van der Waals surface area contributed by atoms with Gasteiger partial charge in [-0.25, -0.2) is 0 Å². The Labute approximate surface area is 184 Å². The number of nitrogens with two attached hydrogens (primary N) is 2. The fourth-order valence-electron chi connectivity index (χ4n) is 3.78. The molecule has 0 heterocycles. The third kappa shape index (κ3) is 6.47. The molecule has 8 nitrogen and oxygen atoms in total. The number of esters is 1. The maximum Gasteiger partial charge on any atom is 0.308 e. The van der Waals surface area contributed by atoms with Crippen molar-refractivity contribution in [3.8, 4) is 0 Å². The van der Waals surface area contributed by atoms with Crippen molar-refractivity contribution < 1.29 is 19.1 Å². The number of carbonyl (C=O) groups excluding carboxylic acids is 2. The van der Waals surface area contributed by atoms with Gasteiger partial charge in [0.2, 0.25) is 0 Å². The maximum absolute atomic E-state index is 12.9. The van der Waals surface area contributed by atoms with Crippen LogP contribution in [0.4, 0.5) is 5.69 Å². The smallest absolute Gasteiger partial charge is 0.308 e. The number of benzene rings is 1. The lowest BCUT2D eigenvalue weighted by atomic mass is 9.79. The third-order valence-electron chi connectivity index (χ3n) is 5.88. The Kier molecular flexibility index (Phi) is 8.90. The lowest BCUT2D eigenvalue weighted by Crippen LogP contribution is -2.36. The molecular weight excluding hydrogens is 396 g/mol. The van der Waals surface area contributed by atoms with Gasteiger partial charge in [-0.3, -0.25) is 14.6 Å². The van der Waals surface area contributed by atoms with E-state index in [-0.39, 0.29) is 23.6 Å². The van der Waals surface area contributed by atoms with Crippen LogP contribution < -0.4 is 16.4 Å². The normalized spacial score (nSPS) is 18.8.